The lowest BCUT2D eigenvalue weighted by molar-refractivity contribution is -0.138. The summed E-state index contributed by atoms with van der Waals surface area (Å²) in [5.41, 5.74) is -1.10. The summed E-state index contributed by atoms with van der Waals surface area (Å²) in [4.78, 5) is 24.2. The van der Waals surface area contributed by atoms with Gasteiger partial charge in [-0.3, -0.25) is 9.59 Å². The number of amidine groups is 1. The summed E-state index contributed by atoms with van der Waals surface area (Å²) >= 11 is 0.907. The van der Waals surface area contributed by atoms with Crippen molar-refractivity contribution >= 4 is 35.0 Å². The molecule has 0 spiro atoms. The highest BCUT2D eigenvalue weighted by molar-refractivity contribution is 8.14. The highest BCUT2D eigenvalue weighted by Gasteiger charge is 2.37. The molecule has 13 heteroatoms. The van der Waals surface area contributed by atoms with Crippen LogP contribution in [0.25, 0.3) is 0 Å². The molecule has 0 fully saturated rings. The van der Waals surface area contributed by atoms with Crippen LogP contribution in [0.15, 0.2) is 58.7 Å². The molecule has 1 aliphatic heterocycles. The van der Waals surface area contributed by atoms with E-state index in [4.69, 9.17) is 0 Å². The lowest BCUT2D eigenvalue weighted by Crippen LogP contribution is -2.27. The molecule has 0 saturated carbocycles. The van der Waals surface area contributed by atoms with Crippen molar-refractivity contribution < 1.29 is 35.9 Å². The van der Waals surface area contributed by atoms with E-state index in [1.165, 1.54) is 31.2 Å². The van der Waals surface area contributed by atoms with E-state index in [-0.39, 0.29) is 10.7 Å². The van der Waals surface area contributed by atoms with Gasteiger partial charge in [-0.25, -0.2) is 5.01 Å². The van der Waals surface area contributed by atoms with Crippen molar-refractivity contribution in [3.8, 4) is 0 Å². The van der Waals surface area contributed by atoms with Crippen LogP contribution in [-0.2, 0) is 21.9 Å². The van der Waals surface area contributed by atoms with Gasteiger partial charge in [-0.05, 0) is 35.4 Å². The van der Waals surface area contributed by atoms with E-state index in [2.05, 4.69) is 10.2 Å². The first-order valence-electron chi connectivity index (χ1n) is 9.51. The van der Waals surface area contributed by atoms with Crippen molar-refractivity contribution in [2.45, 2.75) is 31.6 Å². The molecule has 180 valence electrons. The second-order valence-corrected chi connectivity index (χ2v) is 8.08. The minimum Gasteiger partial charge on any atom is -0.273 e. The number of halogens is 6. The molecule has 1 unspecified atom stereocenters. The Balaban J connectivity index is 1.84. The molecule has 0 N–H and O–H groups in total. The largest absolute Gasteiger partial charge is 0.416 e. The molecule has 0 bridgehead atoms. The quantitative estimate of drug-likeness (QED) is 0.318. The number of rotatable bonds is 3. The van der Waals surface area contributed by atoms with Gasteiger partial charge in [0.15, 0.2) is 0 Å². The minimum absolute atomic E-state index is 0.0317. The van der Waals surface area contributed by atoms with Crippen LogP contribution < -0.4 is 0 Å². The predicted molar refractivity (Wildman–Crippen MR) is 113 cm³/mol. The van der Waals surface area contributed by atoms with E-state index in [0.717, 1.165) is 59.2 Å². The summed E-state index contributed by atoms with van der Waals surface area (Å²) in [6, 6.07) is 8.22. The normalized spacial score (nSPS) is 16.6. The third-order valence-corrected chi connectivity index (χ3v) is 5.68. The Morgan fingerprint density at radius 1 is 0.941 bits per heavy atom. The summed E-state index contributed by atoms with van der Waals surface area (Å²) in [7, 11) is 0. The number of alkyl halides is 6. The van der Waals surface area contributed by atoms with Gasteiger partial charge in [0.05, 0.1) is 17.3 Å². The first-order valence-corrected chi connectivity index (χ1v) is 10.4. The predicted octanol–water partition coefficient (Wildman–Crippen LogP) is 5.47. The van der Waals surface area contributed by atoms with Crippen LogP contribution in [-0.4, -0.2) is 33.2 Å². The third kappa shape index (κ3) is 5.76. The molecule has 2 amide bonds. The molecule has 1 aliphatic rings. The van der Waals surface area contributed by atoms with Crippen LogP contribution in [0, 0.1) is 0 Å². The highest BCUT2D eigenvalue weighted by atomic mass is 32.2. The molecule has 0 saturated heterocycles. The Morgan fingerprint density at radius 3 is 1.88 bits per heavy atom. The Hall–Kier alpha value is -3.35. The zero-order chi connectivity index (χ0) is 25.3. The van der Waals surface area contributed by atoms with Crippen LogP contribution in [0.2, 0.25) is 0 Å². The van der Waals surface area contributed by atoms with Crippen LogP contribution in [0.5, 0.6) is 0 Å². The van der Waals surface area contributed by atoms with Gasteiger partial charge in [-0.15, -0.1) is 5.10 Å². The summed E-state index contributed by atoms with van der Waals surface area (Å²) in [5, 5.41) is 9.03. The molecule has 34 heavy (non-hydrogen) atoms. The molecule has 1 atom stereocenters. The van der Waals surface area contributed by atoms with Crippen LogP contribution in [0.3, 0.4) is 0 Å². The Bertz CT molecular complexity index is 1130. The van der Waals surface area contributed by atoms with Gasteiger partial charge < -0.3 is 0 Å². The molecule has 2 aromatic rings. The van der Waals surface area contributed by atoms with Gasteiger partial charge in [0, 0.05) is 13.8 Å². The number of hydrogen-bond donors (Lipinski definition) is 0. The zero-order valence-electron chi connectivity index (χ0n) is 17.6. The summed E-state index contributed by atoms with van der Waals surface area (Å²) in [6.45, 7) is 2.37. The molecule has 2 aromatic carbocycles. The second-order valence-electron chi connectivity index (χ2n) is 7.03. The van der Waals surface area contributed by atoms with E-state index in [0.29, 0.717) is 5.56 Å². The molecule has 0 aromatic heterocycles. The molecule has 0 aliphatic carbocycles. The van der Waals surface area contributed by atoms with Crippen LogP contribution in [0.1, 0.15) is 41.5 Å². The third-order valence-electron chi connectivity index (χ3n) is 4.52. The molecule has 0 radical (unpaired) electrons. The SMILES string of the molecule is CC(=O)N(/N=C/c1ccc(C(F)(F)F)cc1)C1=NN(C(C)=O)C(c2ccc(C(F)(F)F)cc2)S1. The van der Waals surface area contributed by atoms with Gasteiger partial charge in [-0.2, -0.15) is 36.5 Å². The number of hydrogen-bond acceptors (Lipinski definition) is 5. The fraction of sp³-hybridized carbons (Fsp3) is 0.238. The maximum atomic E-state index is 12.9. The van der Waals surface area contributed by atoms with Crippen molar-refractivity contribution in [1.82, 2.24) is 10.0 Å². The van der Waals surface area contributed by atoms with Crippen LogP contribution >= 0.6 is 11.8 Å². The maximum Gasteiger partial charge on any atom is 0.416 e. The molecule has 3 rings (SSSR count). The number of hydrazone groups is 2. The molecule has 1 heterocycles. The Kier molecular flexibility index (Phi) is 7.05. The van der Waals surface area contributed by atoms with Crippen LogP contribution in [0.4, 0.5) is 26.3 Å². The van der Waals surface area contributed by atoms with Gasteiger partial charge in [-0.1, -0.05) is 36.0 Å². The molecular formula is C21H16F6N4O2S. The smallest absolute Gasteiger partial charge is 0.273 e. The van der Waals surface area contributed by atoms with Gasteiger partial charge in [0.25, 0.3) is 0 Å². The van der Waals surface area contributed by atoms with Crippen molar-refractivity contribution in [2.75, 3.05) is 0 Å². The Morgan fingerprint density at radius 2 is 1.44 bits per heavy atom. The highest BCUT2D eigenvalue weighted by Crippen LogP contribution is 2.41. The van der Waals surface area contributed by atoms with Gasteiger partial charge >= 0.3 is 12.4 Å². The average Bonchev–Trinajstić information content (AvgIpc) is 3.18. The van der Waals surface area contributed by atoms with Crippen molar-refractivity contribution in [3.05, 3.63) is 70.8 Å². The van der Waals surface area contributed by atoms with E-state index < -0.39 is 40.7 Å². The summed E-state index contributed by atoms with van der Waals surface area (Å²) < 4.78 is 76.7. The van der Waals surface area contributed by atoms with Gasteiger partial charge in [0.1, 0.15) is 5.37 Å². The average molecular weight is 502 g/mol. The Labute approximate surface area is 193 Å². The number of amides is 2. The molecular weight excluding hydrogens is 486 g/mol. The van der Waals surface area contributed by atoms with E-state index in [1.807, 2.05) is 0 Å². The first-order chi connectivity index (χ1) is 15.8. The summed E-state index contributed by atoms with van der Waals surface area (Å²) in [6.07, 6.45) is -7.88. The number of thioether (sulfide) groups is 1. The standard InChI is InChI=1S/C21H16F6N4O2S/c1-12(32)30-18(15-5-9-17(10-6-15)21(25,26)27)34-19(29-30)31(13(2)33)28-11-14-3-7-16(8-4-14)20(22,23)24/h3-11,18H,1-2H3/b28-11+. The van der Waals surface area contributed by atoms with Crippen molar-refractivity contribution in [1.29, 1.82) is 0 Å². The van der Waals surface area contributed by atoms with E-state index in [1.54, 1.807) is 0 Å². The lowest BCUT2D eigenvalue weighted by atomic mass is 10.1. The number of nitrogens with zero attached hydrogens (tertiary/aromatic N) is 4. The number of carbonyl (C=O) groups excluding carboxylic acids is 2. The number of carbonyl (C=O) groups is 2. The van der Waals surface area contributed by atoms with Crippen molar-refractivity contribution in [3.63, 3.8) is 0 Å². The fourth-order valence-corrected chi connectivity index (χ4v) is 4.04. The van der Waals surface area contributed by atoms with Gasteiger partial charge in [0.2, 0.25) is 17.0 Å². The first kappa shape index (κ1) is 25.3. The summed E-state index contributed by atoms with van der Waals surface area (Å²) in [5.74, 6) is -1.13. The topological polar surface area (TPSA) is 65.3 Å². The fourth-order valence-electron chi connectivity index (χ4n) is 2.84. The maximum absolute atomic E-state index is 12.9. The van der Waals surface area contributed by atoms with E-state index >= 15 is 0 Å². The van der Waals surface area contributed by atoms with Crippen molar-refractivity contribution in [2.24, 2.45) is 10.2 Å². The number of benzene rings is 2. The second kappa shape index (κ2) is 9.49. The van der Waals surface area contributed by atoms with E-state index in [9.17, 15) is 35.9 Å². The molecule has 6 nitrogen and oxygen atoms in total. The lowest BCUT2D eigenvalue weighted by Gasteiger charge is -2.19. The zero-order valence-corrected chi connectivity index (χ0v) is 18.4. The minimum atomic E-state index is -4.53. The monoisotopic (exact) mass is 502 g/mol.